The van der Waals surface area contributed by atoms with Crippen molar-refractivity contribution < 1.29 is 19.1 Å². The van der Waals surface area contributed by atoms with Gasteiger partial charge in [0.1, 0.15) is 11.7 Å². The van der Waals surface area contributed by atoms with Gasteiger partial charge in [0.2, 0.25) is 0 Å². The van der Waals surface area contributed by atoms with Crippen LogP contribution < -0.4 is 10.6 Å². The van der Waals surface area contributed by atoms with E-state index in [1.165, 1.54) is 0 Å². The predicted octanol–water partition coefficient (Wildman–Crippen LogP) is 5.99. The summed E-state index contributed by atoms with van der Waals surface area (Å²) < 4.78 is 5.26. The number of fused-ring (bicyclic) bond motifs is 1. The second kappa shape index (κ2) is 12.1. The zero-order valence-electron chi connectivity index (χ0n) is 22.0. The van der Waals surface area contributed by atoms with Gasteiger partial charge in [0.05, 0.1) is 17.9 Å². The number of rotatable bonds is 9. The maximum atomic E-state index is 13.4. The van der Waals surface area contributed by atoms with Crippen molar-refractivity contribution in [1.29, 1.82) is 0 Å². The lowest BCUT2D eigenvalue weighted by molar-refractivity contribution is -0.145. The number of benzene rings is 4. The Bertz CT molecular complexity index is 1610. The Morgan fingerprint density at radius 1 is 0.775 bits per heavy atom. The second-order valence-electron chi connectivity index (χ2n) is 9.32. The summed E-state index contributed by atoms with van der Waals surface area (Å²) >= 11 is 0. The average Bonchev–Trinajstić information content (AvgIpc) is 3.43. The summed E-state index contributed by atoms with van der Waals surface area (Å²) in [6.07, 6.45) is 0.253. The van der Waals surface area contributed by atoms with Crippen LogP contribution >= 0.6 is 0 Å². The Labute approximate surface area is 232 Å². The molecule has 0 aliphatic rings. The molecule has 0 fully saturated rings. The van der Waals surface area contributed by atoms with Gasteiger partial charge in [-0.2, -0.15) is 0 Å². The molecule has 0 aliphatic heterocycles. The summed E-state index contributed by atoms with van der Waals surface area (Å²) in [6, 6.07) is 33.0. The third kappa shape index (κ3) is 6.10. The second-order valence-corrected chi connectivity index (χ2v) is 9.32. The maximum absolute atomic E-state index is 13.4. The van der Waals surface area contributed by atoms with E-state index in [1.807, 2.05) is 78.9 Å². The Balaban J connectivity index is 1.32. The number of para-hydroxylation sites is 2. The topological polar surface area (TPSA) is 100 Å². The van der Waals surface area contributed by atoms with Gasteiger partial charge in [0.25, 0.3) is 11.8 Å². The van der Waals surface area contributed by atoms with Crippen LogP contribution in [-0.2, 0) is 16.0 Å². The van der Waals surface area contributed by atoms with Gasteiger partial charge in [0.15, 0.2) is 0 Å². The van der Waals surface area contributed by atoms with Crippen molar-refractivity contribution in [1.82, 2.24) is 10.3 Å². The van der Waals surface area contributed by atoms with Crippen LogP contribution in [0.1, 0.15) is 33.3 Å². The molecule has 1 atom stereocenters. The van der Waals surface area contributed by atoms with E-state index in [1.54, 1.807) is 37.3 Å². The molecular formula is C33H29N3O4. The van der Waals surface area contributed by atoms with E-state index < -0.39 is 17.9 Å². The highest BCUT2D eigenvalue weighted by atomic mass is 16.5. The molecule has 5 aromatic rings. The number of ether oxygens (including phenoxy) is 1. The molecule has 1 unspecified atom stereocenters. The van der Waals surface area contributed by atoms with Crippen LogP contribution in [0, 0.1) is 0 Å². The minimum absolute atomic E-state index is 0.190. The van der Waals surface area contributed by atoms with E-state index in [4.69, 9.17) is 4.74 Å². The zero-order chi connectivity index (χ0) is 27.9. The number of hydrogen-bond donors (Lipinski definition) is 3. The Morgan fingerprint density at radius 2 is 1.45 bits per heavy atom. The molecule has 40 heavy (non-hydrogen) atoms. The first-order chi connectivity index (χ1) is 19.5. The van der Waals surface area contributed by atoms with Crippen molar-refractivity contribution in [3.63, 3.8) is 0 Å². The highest BCUT2D eigenvalue weighted by molar-refractivity contribution is 6.10. The number of nitrogens with one attached hydrogen (secondary N) is 3. The van der Waals surface area contributed by atoms with E-state index in [0.29, 0.717) is 11.4 Å². The Kier molecular flexibility index (Phi) is 8.02. The van der Waals surface area contributed by atoms with Gasteiger partial charge in [-0.1, -0.05) is 84.9 Å². The molecule has 0 bridgehead atoms. The summed E-state index contributed by atoms with van der Waals surface area (Å²) in [7, 11) is 0. The van der Waals surface area contributed by atoms with E-state index in [0.717, 1.165) is 27.6 Å². The van der Waals surface area contributed by atoms with Gasteiger partial charge in [-0.05, 0) is 47.9 Å². The van der Waals surface area contributed by atoms with Crippen LogP contribution in [0.4, 0.5) is 5.69 Å². The van der Waals surface area contributed by atoms with Gasteiger partial charge in [-0.3, -0.25) is 9.59 Å². The normalized spacial score (nSPS) is 11.5. The van der Waals surface area contributed by atoms with E-state index in [2.05, 4.69) is 15.6 Å². The molecule has 0 aliphatic carbocycles. The van der Waals surface area contributed by atoms with Crippen LogP contribution in [0.2, 0.25) is 0 Å². The van der Waals surface area contributed by atoms with Crippen molar-refractivity contribution in [2.75, 3.05) is 11.9 Å². The first-order valence-corrected chi connectivity index (χ1v) is 13.1. The summed E-state index contributed by atoms with van der Waals surface area (Å²) in [6.45, 7) is 1.91. The molecule has 5 rings (SSSR count). The number of carbonyl (C=O) groups is 3. The average molecular weight is 532 g/mol. The lowest BCUT2D eigenvalue weighted by Crippen LogP contribution is -2.43. The molecule has 200 valence electrons. The minimum atomic E-state index is -0.910. The molecule has 0 spiro atoms. The maximum Gasteiger partial charge on any atom is 0.328 e. The summed E-state index contributed by atoms with van der Waals surface area (Å²) in [5.74, 6) is -1.40. The first kappa shape index (κ1) is 26.4. The van der Waals surface area contributed by atoms with Gasteiger partial charge in [0, 0.05) is 17.3 Å². The molecule has 3 N–H and O–H groups in total. The van der Waals surface area contributed by atoms with Gasteiger partial charge < -0.3 is 20.4 Å². The van der Waals surface area contributed by atoms with Crippen molar-refractivity contribution in [3.8, 4) is 11.1 Å². The van der Waals surface area contributed by atoms with Crippen LogP contribution in [0.15, 0.2) is 109 Å². The molecule has 0 saturated heterocycles. The van der Waals surface area contributed by atoms with Crippen molar-refractivity contribution in [3.05, 3.63) is 126 Å². The largest absolute Gasteiger partial charge is 0.464 e. The number of esters is 1. The lowest BCUT2D eigenvalue weighted by atomic mass is 10.0. The predicted molar refractivity (Wildman–Crippen MR) is 156 cm³/mol. The SMILES string of the molecule is CCOC(=O)C(Cc1ccc(-c2ccccc2)cc1)NC(=O)c1ccccc1NC(=O)c1cc2ccccc2[nH]1. The van der Waals surface area contributed by atoms with E-state index >= 15 is 0 Å². The molecule has 7 nitrogen and oxygen atoms in total. The van der Waals surface area contributed by atoms with Crippen LogP contribution in [0.5, 0.6) is 0 Å². The fourth-order valence-electron chi connectivity index (χ4n) is 4.55. The molecular weight excluding hydrogens is 502 g/mol. The first-order valence-electron chi connectivity index (χ1n) is 13.1. The Morgan fingerprint density at radius 3 is 2.20 bits per heavy atom. The van der Waals surface area contributed by atoms with Crippen molar-refractivity contribution >= 4 is 34.4 Å². The molecule has 0 saturated carbocycles. The smallest absolute Gasteiger partial charge is 0.328 e. The summed E-state index contributed by atoms with van der Waals surface area (Å²) in [4.78, 5) is 42.3. The lowest BCUT2D eigenvalue weighted by Gasteiger charge is -2.19. The van der Waals surface area contributed by atoms with Crippen LogP contribution in [0.3, 0.4) is 0 Å². The van der Waals surface area contributed by atoms with Crippen LogP contribution in [0.25, 0.3) is 22.0 Å². The zero-order valence-corrected chi connectivity index (χ0v) is 22.0. The molecule has 7 heteroatoms. The van der Waals surface area contributed by atoms with Crippen LogP contribution in [-0.4, -0.2) is 35.4 Å². The number of H-pyrrole nitrogens is 1. The number of amides is 2. The standard InChI is InChI=1S/C33H29N3O4/c1-2-40-33(39)30(20-22-16-18-24(19-17-22)23-10-4-3-5-11-23)36-31(37)26-13-7-9-15-28(26)35-32(38)29-21-25-12-6-8-14-27(25)34-29/h3-19,21,30,34H,2,20H2,1H3,(H,35,38)(H,36,37). The fourth-order valence-corrected chi connectivity index (χ4v) is 4.55. The minimum Gasteiger partial charge on any atom is -0.464 e. The quantitative estimate of drug-likeness (QED) is 0.203. The van der Waals surface area contributed by atoms with Gasteiger partial charge >= 0.3 is 5.97 Å². The summed E-state index contributed by atoms with van der Waals surface area (Å²) in [5, 5.41) is 6.55. The highest BCUT2D eigenvalue weighted by Crippen LogP contribution is 2.21. The van der Waals surface area contributed by atoms with Gasteiger partial charge in [-0.25, -0.2) is 4.79 Å². The monoisotopic (exact) mass is 531 g/mol. The number of aromatic nitrogens is 1. The molecule has 1 aromatic heterocycles. The molecule has 4 aromatic carbocycles. The highest BCUT2D eigenvalue weighted by Gasteiger charge is 2.25. The molecule has 0 radical (unpaired) electrons. The molecule has 1 heterocycles. The number of carbonyl (C=O) groups excluding carboxylic acids is 3. The third-order valence-corrected chi connectivity index (χ3v) is 6.57. The number of aromatic amines is 1. The Hall–Kier alpha value is -5.17. The third-order valence-electron chi connectivity index (χ3n) is 6.57. The van der Waals surface area contributed by atoms with E-state index in [-0.39, 0.29) is 24.5 Å². The van der Waals surface area contributed by atoms with Gasteiger partial charge in [-0.15, -0.1) is 0 Å². The molecule has 2 amide bonds. The van der Waals surface area contributed by atoms with Crippen molar-refractivity contribution in [2.24, 2.45) is 0 Å². The van der Waals surface area contributed by atoms with Crippen molar-refractivity contribution in [2.45, 2.75) is 19.4 Å². The fraction of sp³-hybridized carbons (Fsp3) is 0.121. The summed E-state index contributed by atoms with van der Waals surface area (Å²) in [5.41, 5.74) is 4.81. The number of anilines is 1. The number of hydrogen-bond acceptors (Lipinski definition) is 4. The van der Waals surface area contributed by atoms with E-state index in [9.17, 15) is 14.4 Å².